The maximum atomic E-state index is 13.1. The van der Waals surface area contributed by atoms with Crippen LogP contribution in [0.15, 0.2) is 48.8 Å². The molecule has 3 aromatic rings. The standard InChI is InChI=1S/C25H29N5O3/c1-16(23(26)31)30-15-28-21-12-19(25(33)27-14-17-8-4-2-5-9-17)20(13-22(21)30)29-24(32)18-10-6-3-7-11-18/h3,6-7,10-13,15-17H,2,4-5,8-9,14H2,1H3,(H2,26,31)(H,27,33)(H,29,32). The number of imidazole rings is 1. The normalized spacial score (nSPS) is 15.2. The van der Waals surface area contributed by atoms with Gasteiger partial charge in [0.2, 0.25) is 5.91 Å². The molecule has 0 aliphatic heterocycles. The molecule has 33 heavy (non-hydrogen) atoms. The van der Waals surface area contributed by atoms with Crippen LogP contribution < -0.4 is 16.4 Å². The van der Waals surface area contributed by atoms with Crippen LogP contribution in [0, 0.1) is 5.92 Å². The molecule has 0 saturated heterocycles. The second kappa shape index (κ2) is 9.85. The number of amides is 3. The first-order chi connectivity index (χ1) is 15.9. The molecule has 4 rings (SSSR count). The molecule has 0 bridgehead atoms. The van der Waals surface area contributed by atoms with Crippen LogP contribution in [0.1, 0.15) is 65.8 Å². The lowest BCUT2D eigenvalue weighted by Crippen LogP contribution is -2.31. The van der Waals surface area contributed by atoms with E-state index in [1.165, 1.54) is 25.6 Å². The molecule has 1 heterocycles. The first kappa shape index (κ1) is 22.5. The van der Waals surface area contributed by atoms with Crippen LogP contribution in [0.5, 0.6) is 0 Å². The predicted octanol–water partition coefficient (Wildman–Crippen LogP) is 3.65. The van der Waals surface area contributed by atoms with Crippen molar-refractivity contribution in [1.29, 1.82) is 0 Å². The van der Waals surface area contributed by atoms with Gasteiger partial charge < -0.3 is 20.9 Å². The minimum Gasteiger partial charge on any atom is -0.368 e. The maximum Gasteiger partial charge on any atom is 0.255 e. The number of aromatic nitrogens is 2. The monoisotopic (exact) mass is 447 g/mol. The van der Waals surface area contributed by atoms with E-state index in [1.807, 2.05) is 6.07 Å². The van der Waals surface area contributed by atoms with Crippen molar-refractivity contribution in [1.82, 2.24) is 14.9 Å². The van der Waals surface area contributed by atoms with Gasteiger partial charge >= 0.3 is 0 Å². The molecule has 2 aromatic carbocycles. The first-order valence-corrected chi connectivity index (χ1v) is 11.4. The van der Waals surface area contributed by atoms with Crippen LogP contribution >= 0.6 is 0 Å². The molecule has 3 amide bonds. The van der Waals surface area contributed by atoms with E-state index in [1.54, 1.807) is 47.9 Å². The fourth-order valence-electron chi connectivity index (χ4n) is 4.32. The number of rotatable bonds is 7. The van der Waals surface area contributed by atoms with Gasteiger partial charge in [0.05, 0.1) is 28.6 Å². The number of hydrogen-bond acceptors (Lipinski definition) is 4. The van der Waals surface area contributed by atoms with E-state index in [-0.39, 0.29) is 11.8 Å². The van der Waals surface area contributed by atoms with E-state index < -0.39 is 11.9 Å². The van der Waals surface area contributed by atoms with Crippen LogP contribution in [0.2, 0.25) is 0 Å². The number of fused-ring (bicyclic) bond motifs is 1. The van der Waals surface area contributed by atoms with E-state index in [0.717, 1.165) is 12.8 Å². The van der Waals surface area contributed by atoms with Crippen molar-refractivity contribution in [3.63, 3.8) is 0 Å². The molecule has 1 unspecified atom stereocenters. The van der Waals surface area contributed by atoms with Crippen molar-refractivity contribution in [3.8, 4) is 0 Å². The summed E-state index contributed by atoms with van der Waals surface area (Å²) in [5.41, 5.74) is 7.80. The zero-order chi connectivity index (χ0) is 23.4. The number of anilines is 1. The van der Waals surface area contributed by atoms with Crippen molar-refractivity contribution >= 4 is 34.4 Å². The van der Waals surface area contributed by atoms with E-state index in [0.29, 0.717) is 40.3 Å². The third kappa shape index (κ3) is 5.05. The van der Waals surface area contributed by atoms with Crippen LogP contribution in [-0.4, -0.2) is 33.8 Å². The summed E-state index contributed by atoms with van der Waals surface area (Å²) in [7, 11) is 0. The summed E-state index contributed by atoms with van der Waals surface area (Å²) in [5.74, 6) is -0.614. The summed E-state index contributed by atoms with van der Waals surface area (Å²) < 4.78 is 1.64. The highest BCUT2D eigenvalue weighted by Gasteiger charge is 2.21. The minimum atomic E-state index is -0.626. The van der Waals surface area contributed by atoms with Gasteiger partial charge in [-0.05, 0) is 49.9 Å². The quantitative estimate of drug-likeness (QED) is 0.512. The van der Waals surface area contributed by atoms with Gasteiger partial charge in [-0.1, -0.05) is 37.5 Å². The summed E-state index contributed by atoms with van der Waals surface area (Å²) in [4.78, 5) is 42.1. The number of nitrogens with one attached hydrogen (secondary N) is 2. The third-order valence-electron chi connectivity index (χ3n) is 6.35. The third-order valence-corrected chi connectivity index (χ3v) is 6.35. The molecule has 0 radical (unpaired) electrons. The van der Waals surface area contributed by atoms with E-state index >= 15 is 0 Å². The van der Waals surface area contributed by atoms with Gasteiger partial charge in [0.1, 0.15) is 6.04 Å². The summed E-state index contributed by atoms with van der Waals surface area (Å²) >= 11 is 0. The van der Waals surface area contributed by atoms with Gasteiger partial charge in [0, 0.05) is 12.1 Å². The average Bonchev–Trinajstić information content (AvgIpc) is 3.25. The minimum absolute atomic E-state index is 0.261. The van der Waals surface area contributed by atoms with Crippen molar-refractivity contribution in [2.24, 2.45) is 11.7 Å². The van der Waals surface area contributed by atoms with Gasteiger partial charge in [-0.15, -0.1) is 0 Å². The lowest BCUT2D eigenvalue weighted by molar-refractivity contribution is -0.120. The number of carbonyl (C=O) groups excluding carboxylic acids is 3. The topological polar surface area (TPSA) is 119 Å². The molecular weight excluding hydrogens is 418 g/mol. The van der Waals surface area contributed by atoms with Crippen LogP contribution in [0.3, 0.4) is 0 Å². The highest BCUT2D eigenvalue weighted by molar-refractivity contribution is 6.11. The predicted molar refractivity (Wildman–Crippen MR) is 127 cm³/mol. The Morgan fingerprint density at radius 2 is 1.82 bits per heavy atom. The number of hydrogen-bond donors (Lipinski definition) is 3. The van der Waals surface area contributed by atoms with Crippen LogP contribution in [-0.2, 0) is 4.79 Å². The lowest BCUT2D eigenvalue weighted by Gasteiger charge is -2.22. The van der Waals surface area contributed by atoms with Gasteiger partial charge in [0.25, 0.3) is 11.8 Å². The number of nitrogens with two attached hydrogens (primary N) is 1. The largest absolute Gasteiger partial charge is 0.368 e. The summed E-state index contributed by atoms with van der Waals surface area (Å²) in [6.07, 6.45) is 7.40. The molecule has 1 fully saturated rings. The maximum absolute atomic E-state index is 13.1. The van der Waals surface area contributed by atoms with Crippen LogP contribution in [0.25, 0.3) is 11.0 Å². The molecule has 8 heteroatoms. The fraction of sp³-hybridized carbons (Fsp3) is 0.360. The summed E-state index contributed by atoms with van der Waals surface area (Å²) in [5, 5.41) is 5.90. The van der Waals surface area contributed by atoms with Crippen molar-refractivity contribution in [2.45, 2.75) is 45.1 Å². The zero-order valence-electron chi connectivity index (χ0n) is 18.7. The SMILES string of the molecule is CC(C(N)=O)n1cnc2cc(C(=O)NCC3CCCCC3)c(NC(=O)c3ccccc3)cc21. The summed E-state index contributed by atoms with van der Waals surface area (Å²) in [6, 6.07) is 11.5. The highest BCUT2D eigenvalue weighted by atomic mass is 16.2. The van der Waals surface area contributed by atoms with Gasteiger partial charge in [-0.25, -0.2) is 4.98 Å². The van der Waals surface area contributed by atoms with E-state index in [2.05, 4.69) is 15.6 Å². The molecule has 0 spiro atoms. The second-order valence-electron chi connectivity index (χ2n) is 8.65. The summed E-state index contributed by atoms with van der Waals surface area (Å²) in [6.45, 7) is 2.28. The number of benzene rings is 2. The van der Waals surface area contributed by atoms with Gasteiger partial charge in [-0.2, -0.15) is 0 Å². The fourth-order valence-corrected chi connectivity index (χ4v) is 4.32. The number of primary amides is 1. The average molecular weight is 448 g/mol. The Morgan fingerprint density at radius 1 is 1.09 bits per heavy atom. The first-order valence-electron chi connectivity index (χ1n) is 11.4. The molecule has 8 nitrogen and oxygen atoms in total. The highest BCUT2D eigenvalue weighted by Crippen LogP contribution is 2.27. The van der Waals surface area contributed by atoms with Crippen molar-refractivity contribution in [2.75, 3.05) is 11.9 Å². The molecule has 1 aromatic heterocycles. The van der Waals surface area contributed by atoms with Gasteiger partial charge in [-0.3, -0.25) is 14.4 Å². The molecule has 172 valence electrons. The molecule has 1 saturated carbocycles. The molecule has 1 atom stereocenters. The Bertz CT molecular complexity index is 1170. The van der Waals surface area contributed by atoms with Crippen molar-refractivity contribution in [3.05, 3.63) is 59.9 Å². The smallest absolute Gasteiger partial charge is 0.255 e. The zero-order valence-corrected chi connectivity index (χ0v) is 18.7. The molecule has 1 aliphatic rings. The van der Waals surface area contributed by atoms with E-state index in [4.69, 9.17) is 5.73 Å². The molecule has 4 N–H and O–H groups in total. The Labute approximate surface area is 192 Å². The van der Waals surface area contributed by atoms with Crippen LogP contribution in [0.4, 0.5) is 5.69 Å². The van der Waals surface area contributed by atoms with Crippen molar-refractivity contribution < 1.29 is 14.4 Å². The second-order valence-corrected chi connectivity index (χ2v) is 8.65. The lowest BCUT2D eigenvalue weighted by atomic mass is 9.89. The molecule has 1 aliphatic carbocycles. The Morgan fingerprint density at radius 3 is 2.52 bits per heavy atom. The van der Waals surface area contributed by atoms with Gasteiger partial charge in [0.15, 0.2) is 0 Å². The molecular formula is C25H29N5O3. The number of nitrogens with zero attached hydrogens (tertiary/aromatic N) is 2. The Balaban J connectivity index is 1.67. The Kier molecular flexibility index (Phi) is 6.72. The Hall–Kier alpha value is -3.68. The van der Waals surface area contributed by atoms with E-state index in [9.17, 15) is 14.4 Å². The number of carbonyl (C=O) groups is 3.